The molecule has 1 aliphatic heterocycles. The van der Waals surface area contributed by atoms with Gasteiger partial charge in [-0.2, -0.15) is 8.42 Å². The number of carbonyl (C=O) groups is 1. The summed E-state index contributed by atoms with van der Waals surface area (Å²) in [5.41, 5.74) is 0.772. The third-order valence-electron chi connectivity index (χ3n) is 4.25. The molecule has 0 saturated carbocycles. The molecule has 0 unspecified atom stereocenters. The van der Waals surface area contributed by atoms with E-state index < -0.39 is 10.0 Å². The number of hydrogen-bond donors (Lipinski definition) is 0. The number of sulfonamides is 1. The van der Waals surface area contributed by atoms with Crippen molar-refractivity contribution in [2.45, 2.75) is 11.3 Å². The zero-order valence-electron chi connectivity index (χ0n) is 16.6. The van der Waals surface area contributed by atoms with Gasteiger partial charge in [-0.05, 0) is 54.1 Å². The van der Waals surface area contributed by atoms with Crippen molar-refractivity contribution >= 4 is 38.9 Å². The summed E-state index contributed by atoms with van der Waals surface area (Å²) < 4.78 is 39.7. The quantitative estimate of drug-likeness (QED) is 0.456. The predicted molar refractivity (Wildman–Crippen MR) is 118 cm³/mol. The molecule has 30 heavy (non-hydrogen) atoms. The van der Waals surface area contributed by atoms with Gasteiger partial charge in [0.15, 0.2) is 5.17 Å². The lowest BCUT2D eigenvalue weighted by atomic mass is 10.2. The summed E-state index contributed by atoms with van der Waals surface area (Å²) in [4.78, 5) is 14.8. The van der Waals surface area contributed by atoms with Crippen LogP contribution in [0.4, 0.5) is 0 Å². The highest BCUT2D eigenvalue weighted by atomic mass is 32.2. The van der Waals surface area contributed by atoms with Gasteiger partial charge in [0.2, 0.25) is 0 Å². The molecule has 1 saturated heterocycles. The van der Waals surface area contributed by atoms with Crippen LogP contribution in [0, 0.1) is 0 Å². The maximum Gasteiger partial charge on any atom is 0.284 e. The van der Waals surface area contributed by atoms with Gasteiger partial charge in [0.05, 0.1) is 16.9 Å². The molecule has 0 atom stereocenters. The number of ether oxygens (including phenoxy) is 2. The molecule has 9 heteroatoms. The molecule has 158 valence electrons. The zero-order valence-corrected chi connectivity index (χ0v) is 18.3. The summed E-state index contributed by atoms with van der Waals surface area (Å²) >= 11 is 1.04. The number of hydrogen-bond acceptors (Lipinski definition) is 6. The molecule has 1 fully saturated rings. The number of benzene rings is 2. The molecular formula is C21H22N2O5S2. The fraction of sp³-hybridized carbons (Fsp3) is 0.238. The molecule has 0 aliphatic carbocycles. The lowest BCUT2D eigenvalue weighted by Crippen LogP contribution is -2.31. The Morgan fingerprint density at radius 2 is 1.87 bits per heavy atom. The number of carbonyl (C=O) groups excluding carboxylic acids is 1. The standard InChI is InChI=1S/C21H22N2O5S2/c1-27-13-7-12-23-20(24)19(15-16-8-6-9-17(14-16)28-2)29-21(23)22-30(25,26)18-10-4-3-5-11-18/h3-6,8-11,14-15H,7,12-13H2,1-2H3/b19-15-,22-21+. The molecule has 3 rings (SSSR count). The van der Waals surface area contributed by atoms with Crippen LogP contribution in [0.15, 0.2) is 68.8 Å². The Hall–Kier alpha value is -2.62. The first-order valence-corrected chi connectivity index (χ1v) is 11.4. The van der Waals surface area contributed by atoms with Crippen LogP contribution in [-0.2, 0) is 19.6 Å². The first-order valence-electron chi connectivity index (χ1n) is 9.19. The Balaban J connectivity index is 1.96. The van der Waals surface area contributed by atoms with Crippen LogP contribution in [0.2, 0.25) is 0 Å². The van der Waals surface area contributed by atoms with Crippen molar-refractivity contribution in [1.82, 2.24) is 4.90 Å². The maximum absolute atomic E-state index is 13.0. The second-order valence-corrected chi connectivity index (χ2v) is 8.97. The minimum Gasteiger partial charge on any atom is -0.497 e. The largest absolute Gasteiger partial charge is 0.497 e. The average Bonchev–Trinajstić information content (AvgIpc) is 3.03. The molecule has 1 amide bonds. The van der Waals surface area contributed by atoms with Gasteiger partial charge in [0, 0.05) is 20.3 Å². The third-order valence-corrected chi connectivity index (χ3v) is 6.65. The number of amidine groups is 1. The van der Waals surface area contributed by atoms with Gasteiger partial charge in [-0.25, -0.2) is 0 Å². The van der Waals surface area contributed by atoms with Gasteiger partial charge in [0.1, 0.15) is 5.75 Å². The van der Waals surface area contributed by atoms with Crippen LogP contribution in [0.5, 0.6) is 5.75 Å². The number of nitrogens with zero attached hydrogens (tertiary/aromatic N) is 2. The third kappa shape index (κ3) is 5.29. The Morgan fingerprint density at radius 1 is 1.10 bits per heavy atom. The SMILES string of the molecule is COCCCN1C(=O)/C(=C/c2cccc(OC)c2)S/C1=N/S(=O)(=O)c1ccccc1. The molecule has 0 bridgehead atoms. The highest BCUT2D eigenvalue weighted by Crippen LogP contribution is 2.34. The van der Waals surface area contributed by atoms with Gasteiger partial charge >= 0.3 is 0 Å². The number of methoxy groups -OCH3 is 2. The van der Waals surface area contributed by atoms with Gasteiger partial charge in [-0.3, -0.25) is 9.69 Å². The molecule has 2 aromatic carbocycles. The van der Waals surface area contributed by atoms with Crippen LogP contribution in [0.25, 0.3) is 6.08 Å². The fourth-order valence-corrected chi connectivity index (χ4v) is 5.00. The van der Waals surface area contributed by atoms with Crippen LogP contribution in [0.1, 0.15) is 12.0 Å². The van der Waals surface area contributed by atoms with Gasteiger partial charge < -0.3 is 9.47 Å². The highest BCUT2D eigenvalue weighted by Gasteiger charge is 2.34. The van der Waals surface area contributed by atoms with Gasteiger partial charge in [-0.15, -0.1) is 4.40 Å². The molecule has 0 N–H and O–H groups in total. The summed E-state index contributed by atoms with van der Waals surface area (Å²) in [7, 11) is -0.802. The summed E-state index contributed by atoms with van der Waals surface area (Å²) in [5, 5.41) is 0.133. The van der Waals surface area contributed by atoms with E-state index in [2.05, 4.69) is 4.40 Å². The minimum absolute atomic E-state index is 0.0765. The predicted octanol–water partition coefficient (Wildman–Crippen LogP) is 3.39. The molecule has 2 aromatic rings. The fourth-order valence-electron chi connectivity index (χ4n) is 2.77. The number of rotatable bonds is 8. The molecule has 7 nitrogen and oxygen atoms in total. The van der Waals surface area contributed by atoms with Crippen LogP contribution < -0.4 is 4.74 Å². The van der Waals surface area contributed by atoms with Crippen LogP contribution >= 0.6 is 11.8 Å². The summed E-state index contributed by atoms with van der Waals surface area (Å²) in [5.74, 6) is 0.373. The van der Waals surface area contributed by atoms with Crippen molar-refractivity contribution in [1.29, 1.82) is 0 Å². The van der Waals surface area contributed by atoms with Crippen LogP contribution in [0.3, 0.4) is 0 Å². The molecule has 0 radical (unpaired) electrons. The normalized spacial score (nSPS) is 17.1. The molecule has 0 aromatic heterocycles. The van der Waals surface area contributed by atoms with Crippen molar-refractivity contribution in [2.24, 2.45) is 4.40 Å². The lowest BCUT2D eigenvalue weighted by Gasteiger charge is -2.15. The van der Waals surface area contributed by atoms with E-state index in [0.717, 1.165) is 17.3 Å². The van der Waals surface area contributed by atoms with E-state index in [0.29, 0.717) is 30.2 Å². The van der Waals surface area contributed by atoms with E-state index in [1.807, 2.05) is 18.2 Å². The van der Waals surface area contributed by atoms with Crippen LogP contribution in [-0.4, -0.2) is 51.8 Å². The van der Waals surface area contributed by atoms with Crippen molar-refractivity contribution in [2.75, 3.05) is 27.4 Å². The highest BCUT2D eigenvalue weighted by molar-refractivity contribution is 8.19. The second-order valence-electron chi connectivity index (χ2n) is 6.35. The van der Waals surface area contributed by atoms with E-state index >= 15 is 0 Å². The average molecular weight is 447 g/mol. The molecule has 0 spiro atoms. The van der Waals surface area contributed by atoms with E-state index in [4.69, 9.17) is 9.47 Å². The summed E-state index contributed by atoms with van der Waals surface area (Å²) in [6.45, 7) is 0.750. The molecular weight excluding hydrogens is 424 g/mol. The van der Waals surface area contributed by atoms with Crippen molar-refractivity contribution < 1.29 is 22.7 Å². The lowest BCUT2D eigenvalue weighted by molar-refractivity contribution is -0.122. The summed E-state index contributed by atoms with van der Waals surface area (Å²) in [6.07, 6.45) is 2.26. The minimum atomic E-state index is -3.94. The van der Waals surface area contributed by atoms with E-state index in [9.17, 15) is 13.2 Å². The van der Waals surface area contributed by atoms with Crippen molar-refractivity contribution in [3.8, 4) is 5.75 Å². The van der Waals surface area contributed by atoms with Gasteiger partial charge in [0.25, 0.3) is 15.9 Å². The Morgan fingerprint density at radius 3 is 2.57 bits per heavy atom. The monoisotopic (exact) mass is 446 g/mol. The Bertz CT molecular complexity index is 1070. The van der Waals surface area contributed by atoms with Crippen molar-refractivity contribution in [3.63, 3.8) is 0 Å². The Labute approximate surface area is 180 Å². The summed E-state index contributed by atoms with van der Waals surface area (Å²) in [6, 6.07) is 15.2. The van der Waals surface area contributed by atoms with Crippen molar-refractivity contribution in [3.05, 3.63) is 65.1 Å². The van der Waals surface area contributed by atoms with Gasteiger partial charge in [-0.1, -0.05) is 30.3 Å². The van der Waals surface area contributed by atoms with E-state index in [1.165, 1.54) is 17.0 Å². The van der Waals surface area contributed by atoms with E-state index in [1.54, 1.807) is 44.6 Å². The first-order chi connectivity index (χ1) is 14.4. The zero-order chi connectivity index (χ0) is 21.6. The topological polar surface area (TPSA) is 85.3 Å². The number of amides is 1. The Kier molecular flexibility index (Phi) is 7.30. The maximum atomic E-state index is 13.0. The number of thioether (sulfide) groups is 1. The smallest absolute Gasteiger partial charge is 0.284 e. The van der Waals surface area contributed by atoms with E-state index in [-0.39, 0.29) is 16.0 Å². The molecule has 1 heterocycles. The first kappa shape index (κ1) is 22.1. The molecule has 1 aliphatic rings. The second kappa shape index (κ2) is 9.92.